The Balaban J connectivity index is 1.40. The Bertz CT molecular complexity index is 1240. The van der Waals surface area contributed by atoms with Gasteiger partial charge in [-0.2, -0.15) is 17.9 Å². The molecule has 1 N–H and O–H groups in total. The van der Waals surface area contributed by atoms with Crippen molar-refractivity contribution in [3.8, 4) is 11.4 Å². The van der Waals surface area contributed by atoms with Gasteiger partial charge in [-0.3, -0.25) is 0 Å². The van der Waals surface area contributed by atoms with Gasteiger partial charge in [-0.25, -0.2) is 4.39 Å². The maximum atomic E-state index is 13.7. The molecule has 0 unspecified atom stereocenters. The third-order valence-corrected chi connectivity index (χ3v) is 7.67. The SMILES string of the molecule is CC(C)Oc1ccc(-n2nnnc2C(F)(F)F)cc1CN[C@H]1CC[C@H](CN2CCCC2)[C@H]1c1ccc(F)cc1. The highest BCUT2D eigenvalue weighted by Crippen LogP contribution is 2.41. The molecule has 1 aliphatic carbocycles. The summed E-state index contributed by atoms with van der Waals surface area (Å²) in [6.07, 6.45) is -0.358. The average Bonchev–Trinajstić information content (AvgIpc) is 3.65. The summed E-state index contributed by atoms with van der Waals surface area (Å²) >= 11 is 0. The minimum atomic E-state index is -4.69. The summed E-state index contributed by atoms with van der Waals surface area (Å²) < 4.78 is 60.8. The van der Waals surface area contributed by atoms with E-state index >= 15 is 0 Å². The monoisotopic (exact) mass is 546 g/mol. The van der Waals surface area contributed by atoms with Crippen molar-refractivity contribution in [1.82, 2.24) is 30.4 Å². The molecule has 1 aromatic heterocycles. The van der Waals surface area contributed by atoms with Crippen LogP contribution in [-0.2, 0) is 12.7 Å². The topological polar surface area (TPSA) is 68.1 Å². The van der Waals surface area contributed by atoms with E-state index in [-0.39, 0.29) is 29.6 Å². The molecule has 0 amide bonds. The van der Waals surface area contributed by atoms with Crippen molar-refractivity contribution in [3.05, 3.63) is 65.2 Å². The van der Waals surface area contributed by atoms with E-state index in [0.717, 1.165) is 38.0 Å². The normalized spacial score (nSPS) is 22.2. The van der Waals surface area contributed by atoms with Gasteiger partial charge in [0.1, 0.15) is 11.6 Å². The summed E-state index contributed by atoms with van der Waals surface area (Å²) in [5, 5.41) is 13.7. The number of alkyl halides is 3. The third-order valence-electron chi connectivity index (χ3n) is 7.67. The van der Waals surface area contributed by atoms with Crippen LogP contribution in [-0.4, -0.2) is 56.9 Å². The fourth-order valence-electron chi connectivity index (χ4n) is 5.98. The van der Waals surface area contributed by atoms with Gasteiger partial charge in [-0.1, -0.05) is 12.1 Å². The number of hydrogen-bond donors (Lipinski definition) is 1. The molecule has 2 fully saturated rings. The Labute approximate surface area is 225 Å². The molecule has 0 bridgehead atoms. The molecule has 1 saturated carbocycles. The first-order valence-corrected chi connectivity index (χ1v) is 13.6. The van der Waals surface area contributed by atoms with Crippen LogP contribution < -0.4 is 10.1 Å². The number of ether oxygens (including phenoxy) is 1. The molecular formula is C28H34F4N6O. The number of benzene rings is 2. The molecule has 0 radical (unpaired) electrons. The maximum Gasteiger partial charge on any atom is 0.453 e. The van der Waals surface area contributed by atoms with Gasteiger partial charge in [-0.05, 0) is 105 Å². The number of tetrazole rings is 1. The number of nitrogens with zero attached hydrogens (tertiary/aromatic N) is 5. The van der Waals surface area contributed by atoms with E-state index in [4.69, 9.17) is 4.74 Å². The van der Waals surface area contributed by atoms with E-state index in [1.807, 2.05) is 26.0 Å². The molecule has 1 aliphatic heterocycles. The van der Waals surface area contributed by atoms with Crippen LogP contribution in [0, 0.1) is 11.7 Å². The molecule has 1 saturated heterocycles. The van der Waals surface area contributed by atoms with Crippen molar-refractivity contribution in [2.45, 2.75) is 70.3 Å². The largest absolute Gasteiger partial charge is 0.491 e. The molecule has 7 nitrogen and oxygen atoms in total. The van der Waals surface area contributed by atoms with Crippen LogP contribution in [0.15, 0.2) is 42.5 Å². The minimum absolute atomic E-state index is 0.114. The van der Waals surface area contributed by atoms with E-state index in [1.54, 1.807) is 12.1 Å². The summed E-state index contributed by atoms with van der Waals surface area (Å²) in [5.41, 5.74) is 2.02. The molecule has 11 heteroatoms. The second-order valence-corrected chi connectivity index (χ2v) is 10.8. The van der Waals surface area contributed by atoms with Crippen molar-refractivity contribution in [1.29, 1.82) is 0 Å². The lowest BCUT2D eigenvalue weighted by Crippen LogP contribution is -2.35. The van der Waals surface area contributed by atoms with E-state index in [0.29, 0.717) is 28.5 Å². The summed E-state index contributed by atoms with van der Waals surface area (Å²) in [6.45, 7) is 7.43. The molecule has 39 heavy (non-hydrogen) atoms. The number of nitrogens with one attached hydrogen (secondary N) is 1. The van der Waals surface area contributed by atoms with Crippen molar-refractivity contribution < 1.29 is 22.3 Å². The van der Waals surface area contributed by atoms with Gasteiger partial charge in [0.25, 0.3) is 5.82 Å². The first-order valence-electron chi connectivity index (χ1n) is 13.6. The molecule has 2 aromatic carbocycles. The van der Waals surface area contributed by atoms with Gasteiger partial charge in [0.15, 0.2) is 0 Å². The highest BCUT2D eigenvalue weighted by Gasteiger charge is 2.39. The van der Waals surface area contributed by atoms with Crippen molar-refractivity contribution in [2.75, 3.05) is 19.6 Å². The van der Waals surface area contributed by atoms with Crippen LogP contribution in [0.25, 0.3) is 5.69 Å². The summed E-state index contributed by atoms with van der Waals surface area (Å²) in [4.78, 5) is 2.52. The second kappa shape index (κ2) is 11.6. The summed E-state index contributed by atoms with van der Waals surface area (Å²) in [6, 6.07) is 11.7. The van der Waals surface area contributed by atoms with Gasteiger partial charge in [-0.15, -0.1) is 5.10 Å². The summed E-state index contributed by atoms with van der Waals surface area (Å²) in [5.74, 6) is -0.228. The Morgan fingerprint density at radius 2 is 1.79 bits per heavy atom. The smallest absolute Gasteiger partial charge is 0.453 e. The van der Waals surface area contributed by atoms with Crippen LogP contribution in [0.5, 0.6) is 5.75 Å². The van der Waals surface area contributed by atoms with Crippen molar-refractivity contribution in [2.24, 2.45) is 5.92 Å². The van der Waals surface area contributed by atoms with Crippen LogP contribution >= 0.6 is 0 Å². The number of rotatable bonds is 9. The summed E-state index contributed by atoms with van der Waals surface area (Å²) in [7, 11) is 0. The molecule has 2 aliphatic rings. The highest BCUT2D eigenvalue weighted by atomic mass is 19.4. The van der Waals surface area contributed by atoms with Gasteiger partial charge in [0, 0.05) is 30.6 Å². The van der Waals surface area contributed by atoms with Crippen LogP contribution in [0.4, 0.5) is 17.6 Å². The van der Waals surface area contributed by atoms with Crippen LogP contribution in [0.2, 0.25) is 0 Å². The zero-order chi connectivity index (χ0) is 27.6. The molecule has 210 valence electrons. The lowest BCUT2D eigenvalue weighted by atomic mass is 9.86. The molecule has 3 aromatic rings. The fourth-order valence-corrected chi connectivity index (χ4v) is 5.98. The second-order valence-electron chi connectivity index (χ2n) is 10.8. The number of halogens is 4. The number of likely N-dealkylation sites (tertiary alicyclic amines) is 1. The van der Waals surface area contributed by atoms with E-state index in [1.165, 1.54) is 31.0 Å². The standard InChI is InChI=1S/C28H34F4N6O/c1-18(2)39-25-12-10-23(38-27(28(30,31)32)34-35-36-38)15-21(25)16-33-24-11-7-20(17-37-13-3-4-14-37)26(24)19-5-8-22(29)9-6-19/h5-6,8-10,12,15,18,20,24,26,33H,3-4,7,11,13-14,16-17H2,1-2H3/t20-,24+,26-/m1/s1. The maximum absolute atomic E-state index is 13.7. The zero-order valence-corrected chi connectivity index (χ0v) is 22.2. The Hall–Kier alpha value is -3.05. The quantitative estimate of drug-likeness (QED) is 0.365. The molecule has 0 spiro atoms. The van der Waals surface area contributed by atoms with Gasteiger partial charge >= 0.3 is 6.18 Å². The van der Waals surface area contributed by atoms with Gasteiger partial charge in [0.05, 0.1) is 11.8 Å². The fraction of sp³-hybridized carbons (Fsp3) is 0.536. The zero-order valence-electron chi connectivity index (χ0n) is 22.2. The minimum Gasteiger partial charge on any atom is -0.491 e. The van der Waals surface area contributed by atoms with E-state index in [9.17, 15) is 17.6 Å². The molecule has 3 atom stereocenters. The highest BCUT2D eigenvalue weighted by molar-refractivity contribution is 5.44. The van der Waals surface area contributed by atoms with E-state index < -0.39 is 12.0 Å². The van der Waals surface area contributed by atoms with E-state index in [2.05, 4.69) is 25.7 Å². The van der Waals surface area contributed by atoms with Crippen molar-refractivity contribution in [3.63, 3.8) is 0 Å². The molecular weight excluding hydrogens is 512 g/mol. The predicted octanol–water partition coefficient (Wildman–Crippen LogP) is 5.36. The Morgan fingerprint density at radius 1 is 1.05 bits per heavy atom. The number of aromatic nitrogens is 4. The first kappa shape index (κ1) is 27.5. The van der Waals surface area contributed by atoms with Crippen molar-refractivity contribution >= 4 is 0 Å². The Kier molecular flexibility index (Phi) is 8.18. The lowest BCUT2D eigenvalue weighted by Gasteiger charge is -2.29. The lowest BCUT2D eigenvalue weighted by molar-refractivity contribution is -0.146. The Morgan fingerprint density at radius 3 is 2.49 bits per heavy atom. The molecule has 2 heterocycles. The predicted molar refractivity (Wildman–Crippen MR) is 138 cm³/mol. The van der Waals surface area contributed by atoms with Gasteiger partial charge < -0.3 is 15.0 Å². The van der Waals surface area contributed by atoms with Crippen LogP contribution in [0.3, 0.4) is 0 Å². The third kappa shape index (κ3) is 6.41. The average molecular weight is 547 g/mol. The van der Waals surface area contributed by atoms with Crippen LogP contribution in [0.1, 0.15) is 62.4 Å². The first-order chi connectivity index (χ1) is 18.7. The molecule has 5 rings (SSSR count). The number of hydrogen-bond acceptors (Lipinski definition) is 6. The van der Waals surface area contributed by atoms with Gasteiger partial charge in [0.2, 0.25) is 0 Å².